The molecule has 6 heteroatoms. The van der Waals surface area contributed by atoms with Crippen LogP contribution in [0.5, 0.6) is 0 Å². The number of carbonyl (C=O) groups excluding carboxylic acids is 2. The monoisotopic (exact) mass is 286 g/mol. The van der Waals surface area contributed by atoms with Gasteiger partial charge in [-0.2, -0.15) is 0 Å². The van der Waals surface area contributed by atoms with Crippen LogP contribution in [0.25, 0.3) is 0 Å². The van der Waals surface area contributed by atoms with Gasteiger partial charge in [-0.1, -0.05) is 29.3 Å². The highest BCUT2D eigenvalue weighted by atomic mass is 35.5. The Kier molecular flexibility index (Phi) is 3.78. The molecule has 0 unspecified atom stereocenters. The fourth-order valence-corrected chi connectivity index (χ4v) is 2.26. The summed E-state index contributed by atoms with van der Waals surface area (Å²) < 4.78 is 0. The van der Waals surface area contributed by atoms with E-state index in [-0.39, 0.29) is 18.9 Å². The number of rotatable bonds is 3. The van der Waals surface area contributed by atoms with E-state index in [1.807, 2.05) is 0 Å². The maximum Gasteiger partial charge on any atom is 0.223 e. The van der Waals surface area contributed by atoms with Crippen molar-refractivity contribution in [2.24, 2.45) is 5.92 Å². The molecular formula is C12H10Cl2NO3-. The van der Waals surface area contributed by atoms with Gasteiger partial charge in [-0.05, 0) is 17.7 Å². The van der Waals surface area contributed by atoms with Gasteiger partial charge in [0.15, 0.2) is 0 Å². The largest absolute Gasteiger partial charge is 0.550 e. The molecule has 0 spiro atoms. The second kappa shape index (κ2) is 5.16. The highest BCUT2D eigenvalue weighted by molar-refractivity contribution is 6.42. The predicted octanol–water partition coefficient (Wildman–Crippen LogP) is 1.09. The number of carboxylic acid groups (broad SMARTS) is 1. The third-order valence-electron chi connectivity index (χ3n) is 2.91. The zero-order valence-electron chi connectivity index (χ0n) is 9.36. The molecule has 4 nitrogen and oxygen atoms in total. The summed E-state index contributed by atoms with van der Waals surface area (Å²) in [4.78, 5) is 23.8. The van der Waals surface area contributed by atoms with E-state index in [4.69, 9.17) is 23.2 Å². The zero-order chi connectivity index (χ0) is 13.3. The highest BCUT2D eigenvalue weighted by Crippen LogP contribution is 2.25. The molecule has 1 aliphatic heterocycles. The van der Waals surface area contributed by atoms with Gasteiger partial charge >= 0.3 is 0 Å². The van der Waals surface area contributed by atoms with Crippen LogP contribution >= 0.6 is 23.2 Å². The average molecular weight is 287 g/mol. The summed E-state index contributed by atoms with van der Waals surface area (Å²) in [7, 11) is 0. The molecule has 1 aromatic rings. The van der Waals surface area contributed by atoms with Gasteiger partial charge in [0.05, 0.1) is 10.0 Å². The standard InChI is InChI=1S/C12H11Cl2NO3/c13-9-2-1-7(3-10(9)14)5-15-6-8(12(17)18)4-11(15)16/h1-3,8H,4-6H2,(H,17,18)/p-1/t8-/m1/s1. The van der Waals surface area contributed by atoms with Crippen molar-refractivity contribution < 1.29 is 14.7 Å². The van der Waals surface area contributed by atoms with Crippen molar-refractivity contribution >= 4 is 35.1 Å². The van der Waals surface area contributed by atoms with Crippen molar-refractivity contribution in [2.45, 2.75) is 13.0 Å². The number of hydrogen-bond donors (Lipinski definition) is 0. The van der Waals surface area contributed by atoms with Crippen molar-refractivity contribution in [1.82, 2.24) is 4.90 Å². The Morgan fingerprint density at radius 1 is 1.39 bits per heavy atom. The molecule has 1 heterocycles. The molecule has 1 atom stereocenters. The molecule has 0 radical (unpaired) electrons. The number of hydrogen-bond acceptors (Lipinski definition) is 3. The van der Waals surface area contributed by atoms with E-state index in [9.17, 15) is 14.7 Å². The smallest absolute Gasteiger partial charge is 0.223 e. The third-order valence-corrected chi connectivity index (χ3v) is 3.64. The normalized spacial score (nSPS) is 19.3. The summed E-state index contributed by atoms with van der Waals surface area (Å²) in [5.74, 6) is -2.09. The summed E-state index contributed by atoms with van der Waals surface area (Å²) in [6.07, 6.45) is 0.00363. The zero-order valence-corrected chi connectivity index (χ0v) is 10.9. The first-order chi connectivity index (χ1) is 8.47. The van der Waals surface area contributed by atoms with Crippen LogP contribution in [0.3, 0.4) is 0 Å². The van der Waals surface area contributed by atoms with Crippen LogP contribution in [0.15, 0.2) is 18.2 Å². The molecule has 96 valence electrons. The van der Waals surface area contributed by atoms with E-state index < -0.39 is 11.9 Å². The molecular weight excluding hydrogens is 277 g/mol. The van der Waals surface area contributed by atoms with Crippen LogP contribution < -0.4 is 5.11 Å². The lowest BCUT2D eigenvalue weighted by Gasteiger charge is -2.17. The van der Waals surface area contributed by atoms with Crippen LogP contribution in [0.2, 0.25) is 10.0 Å². The van der Waals surface area contributed by atoms with Gasteiger partial charge in [-0.25, -0.2) is 0 Å². The number of carbonyl (C=O) groups is 2. The predicted molar refractivity (Wildman–Crippen MR) is 65.0 cm³/mol. The number of likely N-dealkylation sites (tertiary alicyclic amines) is 1. The number of halogens is 2. The minimum atomic E-state index is -1.18. The highest BCUT2D eigenvalue weighted by Gasteiger charge is 2.30. The lowest BCUT2D eigenvalue weighted by molar-refractivity contribution is -0.311. The van der Waals surface area contributed by atoms with Gasteiger partial charge in [0.25, 0.3) is 0 Å². The average Bonchev–Trinajstić information content (AvgIpc) is 2.66. The molecule has 18 heavy (non-hydrogen) atoms. The van der Waals surface area contributed by atoms with Crippen LogP contribution in [0, 0.1) is 5.92 Å². The lowest BCUT2D eigenvalue weighted by atomic mass is 10.1. The molecule has 0 aliphatic carbocycles. The van der Waals surface area contributed by atoms with Crippen LogP contribution in [0.4, 0.5) is 0 Å². The Bertz CT molecular complexity index is 504. The molecule has 1 amide bonds. The van der Waals surface area contributed by atoms with Gasteiger partial charge in [-0.15, -0.1) is 0 Å². The summed E-state index contributed by atoms with van der Waals surface area (Å²) in [6, 6.07) is 5.08. The summed E-state index contributed by atoms with van der Waals surface area (Å²) >= 11 is 11.7. The minimum absolute atomic E-state index is 0.00363. The van der Waals surface area contributed by atoms with Gasteiger partial charge in [0.1, 0.15) is 0 Å². The van der Waals surface area contributed by atoms with E-state index in [0.717, 1.165) is 5.56 Å². The first-order valence-corrected chi connectivity index (χ1v) is 6.15. The van der Waals surface area contributed by atoms with Gasteiger partial charge < -0.3 is 14.8 Å². The van der Waals surface area contributed by atoms with Gasteiger partial charge in [0, 0.05) is 31.4 Å². The molecule has 0 bridgehead atoms. The van der Waals surface area contributed by atoms with E-state index in [2.05, 4.69) is 0 Å². The molecule has 0 saturated carbocycles. The van der Waals surface area contributed by atoms with Crippen LogP contribution in [-0.2, 0) is 16.1 Å². The van der Waals surface area contributed by atoms with E-state index in [1.165, 1.54) is 4.90 Å². The summed E-state index contributed by atoms with van der Waals surface area (Å²) in [6.45, 7) is 0.515. The number of carboxylic acids is 1. The molecule has 2 rings (SSSR count). The second-order valence-electron chi connectivity index (χ2n) is 4.24. The van der Waals surface area contributed by atoms with Gasteiger partial charge in [-0.3, -0.25) is 4.79 Å². The van der Waals surface area contributed by atoms with Crippen LogP contribution in [0.1, 0.15) is 12.0 Å². The SMILES string of the molecule is O=C([O-])[C@@H]1CC(=O)N(Cc2ccc(Cl)c(Cl)c2)C1. The lowest BCUT2D eigenvalue weighted by Crippen LogP contribution is -2.33. The van der Waals surface area contributed by atoms with Crippen molar-refractivity contribution in [3.05, 3.63) is 33.8 Å². The molecule has 0 N–H and O–H groups in total. The Balaban J connectivity index is 2.08. The first kappa shape index (κ1) is 13.2. The summed E-state index contributed by atoms with van der Waals surface area (Å²) in [5, 5.41) is 11.6. The van der Waals surface area contributed by atoms with Crippen LogP contribution in [-0.4, -0.2) is 23.3 Å². The topological polar surface area (TPSA) is 60.4 Å². The number of aliphatic carboxylic acids is 1. The van der Waals surface area contributed by atoms with Crippen molar-refractivity contribution in [3.63, 3.8) is 0 Å². The second-order valence-corrected chi connectivity index (χ2v) is 5.06. The molecule has 0 aromatic heterocycles. The number of benzene rings is 1. The third kappa shape index (κ3) is 2.76. The molecule has 1 fully saturated rings. The minimum Gasteiger partial charge on any atom is -0.550 e. The number of nitrogens with zero attached hydrogens (tertiary/aromatic N) is 1. The number of amides is 1. The Hall–Kier alpha value is -1.26. The van der Waals surface area contributed by atoms with E-state index >= 15 is 0 Å². The fourth-order valence-electron chi connectivity index (χ4n) is 1.94. The first-order valence-electron chi connectivity index (χ1n) is 5.40. The maximum atomic E-state index is 11.6. The van der Waals surface area contributed by atoms with E-state index in [0.29, 0.717) is 16.6 Å². The summed E-state index contributed by atoms with van der Waals surface area (Å²) in [5.41, 5.74) is 0.816. The Morgan fingerprint density at radius 3 is 2.67 bits per heavy atom. The Labute approximate surface area is 114 Å². The Morgan fingerprint density at radius 2 is 2.11 bits per heavy atom. The molecule has 1 saturated heterocycles. The molecule has 1 aromatic carbocycles. The molecule has 1 aliphatic rings. The van der Waals surface area contributed by atoms with Crippen molar-refractivity contribution in [2.75, 3.05) is 6.54 Å². The van der Waals surface area contributed by atoms with Crippen molar-refractivity contribution in [1.29, 1.82) is 0 Å². The van der Waals surface area contributed by atoms with E-state index in [1.54, 1.807) is 18.2 Å². The fraction of sp³-hybridized carbons (Fsp3) is 0.333. The maximum absolute atomic E-state index is 11.6. The quantitative estimate of drug-likeness (QED) is 0.836. The van der Waals surface area contributed by atoms with Crippen molar-refractivity contribution in [3.8, 4) is 0 Å². The van der Waals surface area contributed by atoms with Gasteiger partial charge in [0.2, 0.25) is 5.91 Å².